The second kappa shape index (κ2) is 9.32. The van der Waals surface area contributed by atoms with Gasteiger partial charge in [-0.2, -0.15) is 0 Å². The van der Waals surface area contributed by atoms with Crippen LogP contribution in [0.5, 0.6) is 23.0 Å². The lowest BCUT2D eigenvalue weighted by atomic mass is 10.0. The first-order valence-electron chi connectivity index (χ1n) is 9.45. The number of hydrogen-bond acceptors (Lipinski definition) is 4. The van der Waals surface area contributed by atoms with Crippen LogP contribution in [0.2, 0.25) is 0 Å². The lowest BCUT2D eigenvalue weighted by Crippen LogP contribution is -2.25. The van der Waals surface area contributed by atoms with Gasteiger partial charge in [0.25, 0.3) is 0 Å². The summed E-state index contributed by atoms with van der Waals surface area (Å²) in [7, 11) is 6.22. The van der Waals surface area contributed by atoms with Gasteiger partial charge in [0.1, 0.15) is 23.0 Å². The fourth-order valence-corrected chi connectivity index (χ4v) is 7.01. The summed E-state index contributed by atoms with van der Waals surface area (Å²) < 4.78 is 22.3. The first-order chi connectivity index (χ1) is 13.2. The molecule has 27 heavy (non-hydrogen) atoms. The average Bonchev–Trinajstić information content (AvgIpc) is 2.75. The largest absolute Gasteiger partial charge is 0.497 e. The third-order valence-corrected chi connectivity index (χ3v) is 8.26. The van der Waals surface area contributed by atoms with Gasteiger partial charge in [-0.1, -0.05) is 19.3 Å². The van der Waals surface area contributed by atoms with Crippen molar-refractivity contribution in [2.75, 3.05) is 28.4 Å². The average molecular weight is 388 g/mol. The van der Waals surface area contributed by atoms with E-state index in [0.717, 1.165) is 23.0 Å². The zero-order valence-electron chi connectivity index (χ0n) is 16.7. The van der Waals surface area contributed by atoms with E-state index >= 15 is 0 Å². The predicted octanol–water partition coefficient (Wildman–Crippen LogP) is 4.49. The Morgan fingerprint density at radius 3 is 1.56 bits per heavy atom. The van der Waals surface area contributed by atoms with Crippen LogP contribution in [0.25, 0.3) is 0 Å². The standard InChI is InChI=1S/C22H29O4P/c1-23-16-10-12-21(19(14-16)25-3)27(18-8-6-5-7-9-18)22-13-11-17(24-2)15-20(22)26-4/h10-15,18H,5-9H2,1-4H3. The Bertz CT molecular complexity index is 700. The normalized spacial score (nSPS) is 14.9. The molecule has 1 fully saturated rings. The molecule has 2 aromatic rings. The quantitative estimate of drug-likeness (QED) is 0.655. The number of methoxy groups -OCH3 is 4. The van der Waals surface area contributed by atoms with Gasteiger partial charge < -0.3 is 18.9 Å². The van der Waals surface area contributed by atoms with Crippen molar-refractivity contribution in [2.24, 2.45) is 0 Å². The molecule has 1 aliphatic carbocycles. The maximum absolute atomic E-state index is 5.77. The number of ether oxygens (including phenoxy) is 4. The molecular formula is C22H29O4P. The summed E-state index contributed by atoms with van der Waals surface area (Å²) in [5.41, 5.74) is 0.623. The van der Waals surface area contributed by atoms with Gasteiger partial charge in [-0.3, -0.25) is 0 Å². The summed E-state index contributed by atoms with van der Waals surface area (Å²) in [5, 5.41) is 2.51. The van der Waals surface area contributed by atoms with Crippen molar-refractivity contribution in [1.82, 2.24) is 0 Å². The van der Waals surface area contributed by atoms with E-state index in [1.165, 1.54) is 42.7 Å². The molecule has 0 bridgehead atoms. The smallest absolute Gasteiger partial charge is 0.130 e. The molecule has 4 nitrogen and oxygen atoms in total. The van der Waals surface area contributed by atoms with Crippen molar-refractivity contribution in [2.45, 2.75) is 37.8 Å². The van der Waals surface area contributed by atoms with E-state index in [1.54, 1.807) is 28.4 Å². The minimum atomic E-state index is -0.618. The van der Waals surface area contributed by atoms with Crippen LogP contribution in [0.15, 0.2) is 36.4 Å². The topological polar surface area (TPSA) is 36.9 Å². The van der Waals surface area contributed by atoms with Crippen molar-refractivity contribution in [3.8, 4) is 23.0 Å². The monoisotopic (exact) mass is 388 g/mol. The Morgan fingerprint density at radius 2 is 1.15 bits per heavy atom. The van der Waals surface area contributed by atoms with Gasteiger partial charge in [0.2, 0.25) is 0 Å². The maximum Gasteiger partial charge on any atom is 0.130 e. The molecule has 0 amide bonds. The molecule has 0 unspecified atom stereocenters. The highest BCUT2D eigenvalue weighted by Gasteiger charge is 2.31. The van der Waals surface area contributed by atoms with Gasteiger partial charge in [0.05, 0.1) is 28.4 Å². The SMILES string of the molecule is COc1ccc(P(c2ccc(OC)cc2OC)C2CCCCC2)c(OC)c1. The summed E-state index contributed by atoms with van der Waals surface area (Å²) in [6.45, 7) is 0. The van der Waals surface area contributed by atoms with Crippen LogP contribution in [-0.2, 0) is 0 Å². The molecule has 5 heteroatoms. The van der Waals surface area contributed by atoms with E-state index in [-0.39, 0.29) is 0 Å². The Kier molecular flexibility index (Phi) is 6.84. The van der Waals surface area contributed by atoms with Crippen LogP contribution in [0.1, 0.15) is 32.1 Å². The number of rotatable bonds is 7. The van der Waals surface area contributed by atoms with Crippen molar-refractivity contribution < 1.29 is 18.9 Å². The third kappa shape index (κ3) is 4.32. The minimum Gasteiger partial charge on any atom is -0.497 e. The summed E-state index contributed by atoms with van der Waals surface area (Å²) in [6.07, 6.45) is 6.41. The molecule has 0 radical (unpaired) electrons. The van der Waals surface area contributed by atoms with Crippen molar-refractivity contribution >= 4 is 18.5 Å². The maximum atomic E-state index is 5.77. The lowest BCUT2D eigenvalue weighted by Gasteiger charge is -2.33. The second-order valence-corrected chi connectivity index (χ2v) is 9.17. The Morgan fingerprint density at radius 1 is 0.667 bits per heavy atom. The highest BCUT2D eigenvalue weighted by molar-refractivity contribution is 7.74. The molecule has 0 N–H and O–H groups in total. The van der Waals surface area contributed by atoms with E-state index in [9.17, 15) is 0 Å². The third-order valence-electron chi connectivity index (χ3n) is 5.23. The van der Waals surface area contributed by atoms with Crippen molar-refractivity contribution in [1.29, 1.82) is 0 Å². The molecular weight excluding hydrogens is 359 g/mol. The summed E-state index contributed by atoms with van der Waals surface area (Å²) in [4.78, 5) is 0. The molecule has 0 aromatic heterocycles. The molecule has 0 atom stereocenters. The minimum absolute atomic E-state index is 0.618. The Hall–Kier alpha value is -1.93. The van der Waals surface area contributed by atoms with Crippen LogP contribution >= 0.6 is 7.92 Å². The predicted molar refractivity (Wildman–Crippen MR) is 112 cm³/mol. The first kappa shape index (κ1) is 19.8. The van der Waals surface area contributed by atoms with Crippen molar-refractivity contribution in [3.63, 3.8) is 0 Å². The van der Waals surface area contributed by atoms with Crippen LogP contribution in [0, 0.1) is 0 Å². The van der Waals surface area contributed by atoms with Crippen LogP contribution < -0.4 is 29.6 Å². The molecule has 0 aliphatic heterocycles. The van der Waals surface area contributed by atoms with Gasteiger partial charge in [-0.15, -0.1) is 0 Å². The van der Waals surface area contributed by atoms with Crippen molar-refractivity contribution in [3.05, 3.63) is 36.4 Å². The van der Waals surface area contributed by atoms with Crippen LogP contribution in [-0.4, -0.2) is 34.1 Å². The van der Waals surface area contributed by atoms with E-state index in [2.05, 4.69) is 12.1 Å². The molecule has 1 saturated carbocycles. The molecule has 0 heterocycles. The van der Waals surface area contributed by atoms with Gasteiger partial charge in [0, 0.05) is 22.7 Å². The van der Waals surface area contributed by atoms with Crippen LogP contribution in [0.4, 0.5) is 0 Å². The Labute approximate surface area is 163 Å². The van der Waals surface area contributed by atoms with E-state index in [4.69, 9.17) is 18.9 Å². The zero-order chi connectivity index (χ0) is 19.2. The van der Waals surface area contributed by atoms with Gasteiger partial charge >= 0.3 is 0 Å². The molecule has 0 spiro atoms. The fraction of sp³-hybridized carbons (Fsp3) is 0.455. The highest BCUT2D eigenvalue weighted by Crippen LogP contribution is 2.50. The van der Waals surface area contributed by atoms with Crippen LogP contribution in [0.3, 0.4) is 0 Å². The molecule has 1 aliphatic rings. The van der Waals surface area contributed by atoms with E-state index < -0.39 is 7.92 Å². The Balaban J connectivity index is 2.12. The fourth-order valence-electron chi connectivity index (χ4n) is 3.83. The second-order valence-electron chi connectivity index (χ2n) is 6.74. The first-order valence-corrected chi connectivity index (χ1v) is 10.9. The summed E-state index contributed by atoms with van der Waals surface area (Å²) in [6, 6.07) is 12.4. The molecule has 146 valence electrons. The van der Waals surface area contributed by atoms with Gasteiger partial charge in [-0.25, -0.2) is 0 Å². The van der Waals surface area contributed by atoms with Gasteiger partial charge in [0.15, 0.2) is 0 Å². The summed E-state index contributed by atoms with van der Waals surface area (Å²) >= 11 is 0. The number of benzene rings is 2. The number of hydrogen-bond donors (Lipinski definition) is 0. The molecule has 3 rings (SSSR count). The molecule has 2 aromatic carbocycles. The lowest BCUT2D eigenvalue weighted by molar-refractivity contribution is 0.396. The van der Waals surface area contributed by atoms with E-state index in [0.29, 0.717) is 5.66 Å². The summed E-state index contributed by atoms with van der Waals surface area (Å²) in [5.74, 6) is 3.42. The molecule has 0 saturated heterocycles. The highest BCUT2D eigenvalue weighted by atomic mass is 31.1. The zero-order valence-corrected chi connectivity index (χ0v) is 17.6. The van der Waals surface area contributed by atoms with Gasteiger partial charge in [-0.05, 0) is 50.7 Å². The van der Waals surface area contributed by atoms with E-state index in [1.807, 2.05) is 24.3 Å².